The van der Waals surface area contributed by atoms with Crippen LogP contribution in [0.2, 0.25) is 0 Å². The quantitative estimate of drug-likeness (QED) is 0.830. The first-order valence-corrected chi connectivity index (χ1v) is 5.09. The summed E-state index contributed by atoms with van der Waals surface area (Å²) in [6, 6.07) is 0. The van der Waals surface area contributed by atoms with Crippen LogP contribution >= 0.6 is 11.3 Å². The number of halogens is 3. The van der Waals surface area contributed by atoms with E-state index >= 15 is 0 Å². The lowest BCUT2D eigenvalue weighted by Gasteiger charge is -2.07. The third kappa shape index (κ3) is 3.31. The third-order valence-corrected chi connectivity index (χ3v) is 3.09. The van der Waals surface area contributed by atoms with Crippen LogP contribution in [0.3, 0.4) is 0 Å². The average Bonchev–Trinajstić information content (AvgIpc) is 2.33. The lowest BCUT2D eigenvalue weighted by atomic mass is 10.2. The lowest BCUT2D eigenvalue weighted by Crippen LogP contribution is -2.28. The highest BCUT2D eigenvalue weighted by Crippen LogP contribution is 2.20. The molecule has 1 nitrogen and oxygen atoms in total. The minimum atomic E-state index is -4.13. The van der Waals surface area contributed by atoms with Gasteiger partial charge in [0.05, 0.1) is 6.54 Å². The molecule has 1 aromatic heterocycles. The summed E-state index contributed by atoms with van der Waals surface area (Å²) in [6.07, 6.45) is -4.13. The van der Waals surface area contributed by atoms with E-state index < -0.39 is 12.7 Å². The molecule has 0 saturated carbocycles. The first-order chi connectivity index (χ1) is 6.40. The van der Waals surface area contributed by atoms with Gasteiger partial charge in [0.25, 0.3) is 0 Å². The molecule has 0 aliphatic carbocycles. The second kappa shape index (κ2) is 4.31. The predicted molar refractivity (Wildman–Crippen MR) is 51.6 cm³/mol. The monoisotopic (exact) mass is 223 g/mol. The van der Waals surface area contributed by atoms with E-state index in [0.29, 0.717) is 0 Å². The second-order valence-corrected chi connectivity index (χ2v) is 4.24. The topological polar surface area (TPSA) is 12.0 Å². The maximum absolute atomic E-state index is 11.8. The van der Waals surface area contributed by atoms with Gasteiger partial charge >= 0.3 is 6.18 Å². The van der Waals surface area contributed by atoms with Crippen molar-refractivity contribution in [2.75, 3.05) is 6.54 Å². The number of hydrogen-bond acceptors (Lipinski definition) is 2. The molecule has 0 aliphatic heterocycles. The van der Waals surface area contributed by atoms with Gasteiger partial charge in [-0.3, -0.25) is 0 Å². The van der Waals surface area contributed by atoms with E-state index in [1.807, 2.05) is 19.2 Å². The van der Waals surface area contributed by atoms with Crippen molar-refractivity contribution < 1.29 is 13.2 Å². The first kappa shape index (κ1) is 11.5. The fourth-order valence-electron chi connectivity index (χ4n) is 1.08. The summed E-state index contributed by atoms with van der Waals surface area (Å²) in [5.41, 5.74) is 2.04. The summed E-state index contributed by atoms with van der Waals surface area (Å²) in [5, 5.41) is 4.27. The van der Waals surface area contributed by atoms with Gasteiger partial charge in [-0.1, -0.05) is 0 Å². The Bertz CT molecular complexity index is 303. The summed E-state index contributed by atoms with van der Waals surface area (Å²) in [6.45, 7) is 3.25. The fourth-order valence-corrected chi connectivity index (χ4v) is 1.96. The SMILES string of the molecule is Cc1scc(CNCC(F)(F)F)c1C. The minimum Gasteiger partial charge on any atom is -0.305 e. The molecule has 0 saturated heterocycles. The van der Waals surface area contributed by atoms with E-state index in [1.54, 1.807) is 11.3 Å². The number of alkyl halides is 3. The third-order valence-electron chi connectivity index (χ3n) is 2.03. The van der Waals surface area contributed by atoms with Gasteiger partial charge in [-0.15, -0.1) is 11.3 Å². The Balaban J connectivity index is 2.43. The molecule has 0 bridgehead atoms. The normalized spacial score (nSPS) is 12.1. The van der Waals surface area contributed by atoms with E-state index in [1.165, 1.54) is 0 Å². The van der Waals surface area contributed by atoms with Crippen molar-refractivity contribution in [3.8, 4) is 0 Å². The highest BCUT2D eigenvalue weighted by atomic mass is 32.1. The van der Waals surface area contributed by atoms with Crippen LogP contribution < -0.4 is 5.32 Å². The van der Waals surface area contributed by atoms with Gasteiger partial charge in [0, 0.05) is 11.4 Å². The molecule has 0 spiro atoms. The molecule has 0 radical (unpaired) electrons. The maximum Gasteiger partial charge on any atom is 0.401 e. The summed E-state index contributed by atoms with van der Waals surface area (Å²) >= 11 is 1.57. The van der Waals surface area contributed by atoms with Crippen LogP contribution in [-0.2, 0) is 6.54 Å². The van der Waals surface area contributed by atoms with Crippen molar-refractivity contribution in [3.63, 3.8) is 0 Å². The van der Waals surface area contributed by atoms with Crippen molar-refractivity contribution in [1.82, 2.24) is 5.32 Å². The van der Waals surface area contributed by atoms with Gasteiger partial charge in [-0.2, -0.15) is 13.2 Å². The molecule has 1 aromatic rings. The van der Waals surface area contributed by atoms with Crippen LogP contribution in [0.5, 0.6) is 0 Å². The molecule has 1 N–H and O–H groups in total. The zero-order valence-electron chi connectivity index (χ0n) is 8.03. The number of nitrogens with one attached hydrogen (secondary N) is 1. The summed E-state index contributed by atoms with van der Waals surface area (Å²) in [7, 11) is 0. The first-order valence-electron chi connectivity index (χ1n) is 4.21. The molecule has 0 fully saturated rings. The van der Waals surface area contributed by atoms with Crippen molar-refractivity contribution >= 4 is 11.3 Å². The molecule has 80 valence electrons. The largest absolute Gasteiger partial charge is 0.401 e. The standard InChI is InChI=1S/C9H12F3NS/c1-6-7(2)14-4-8(6)3-13-5-9(10,11)12/h4,13H,3,5H2,1-2H3. The zero-order chi connectivity index (χ0) is 10.8. The number of rotatable bonds is 3. The molecule has 0 amide bonds. The molecule has 1 rings (SSSR count). The van der Waals surface area contributed by atoms with Gasteiger partial charge in [0.15, 0.2) is 0 Å². The van der Waals surface area contributed by atoms with E-state index in [0.717, 1.165) is 16.0 Å². The Morgan fingerprint density at radius 1 is 1.36 bits per heavy atom. The van der Waals surface area contributed by atoms with Crippen LogP contribution in [0.15, 0.2) is 5.38 Å². The van der Waals surface area contributed by atoms with Crippen molar-refractivity contribution in [1.29, 1.82) is 0 Å². The maximum atomic E-state index is 11.8. The molecule has 14 heavy (non-hydrogen) atoms. The minimum absolute atomic E-state index is 0.287. The highest BCUT2D eigenvalue weighted by Gasteiger charge is 2.26. The Morgan fingerprint density at radius 2 is 2.00 bits per heavy atom. The van der Waals surface area contributed by atoms with E-state index in [4.69, 9.17) is 0 Å². The molecular weight excluding hydrogens is 211 g/mol. The van der Waals surface area contributed by atoms with Crippen molar-refractivity contribution in [3.05, 3.63) is 21.4 Å². The van der Waals surface area contributed by atoms with Crippen LogP contribution in [0.25, 0.3) is 0 Å². The van der Waals surface area contributed by atoms with Crippen molar-refractivity contribution in [2.24, 2.45) is 0 Å². The Kier molecular flexibility index (Phi) is 3.55. The van der Waals surface area contributed by atoms with Crippen LogP contribution in [-0.4, -0.2) is 12.7 Å². The molecular formula is C9H12F3NS. The number of thiophene rings is 1. The van der Waals surface area contributed by atoms with Gasteiger partial charge in [-0.05, 0) is 30.4 Å². The van der Waals surface area contributed by atoms with Gasteiger partial charge in [0.1, 0.15) is 0 Å². The predicted octanol–water partition coefficient (Wildman–Crippen LogP) is 3.02. The summed E-state index contributed by atoms with van der Waals surface area (Å²) in [5.74, 6) is 0. The molecule has 5 heteroatoms. The molecule has 1 heterocycles. The highest BCUT2D eigenvalue weighted by molar-refractivity contribution is 7.10. The Hall–Kier alpha value is -0.550. The smallest absolute Gasteiger partial charge is 0.305 e. The molecule has 0 unspecified atom stereocenters. The Morgan fingerprint density at radius 3 is 2.43 bits per heavy atom. The zero-order valence-corrected chi connectivity index (χ0v) is 8.85. The van der Waals surface area contributed by atoms with Crippen LogP contribution in [0, 0.1) is 13.8 Å². The van der Waals surface area contributed by atoms with Gasteiger partial charge < -0.3 is 5.32 Å². The van der Waals surface area contributed by atoms with Crippen LogP contribution in [0.4, 0.5) is 13.2 Å². The molecule has 0 aliphatic rings. The fraction of sp³-hybridized carbons (Fsp3) is 0.556. The van der Waals surface area contributed by atoms with Crippen molar-refractivity contribution in [2.45, 2.75) is 26.6 Å². The molecule has 0 atom stereocenters. The average molecular weight is 223 g/mol. The van der Waals surface area contributed by atoms with E-state index in [9.17, 15) is 13.2 Å². The van der Waals surface area contributed by atoms with E-state index in [2.05, 4.69) is 5.32 Å². The number of hydrogen-bond donors (Lipinski definition) is 1. The number of aryl methyl sites for hydroxylation is 1. The lowest BCUT2D eigenvalue weighted by molar-refractivity contribution is -0.125. The van der Waals surface area contributed by atoms with Crippen LogP contribution in [0.1, 0.15) is 16.0 Å². The Labute approximate surface area is 84.9 Å². The molecule has 0 aromatic carbocycles. The van der Waals surface area contributed by atoms with E-state index in [-0.39, 0.29) is 6.54 Å². The second-order valence-electron chi connectivity index (χ2n) is 3.16. The summed E-state index contributed by atoms with van der Waals surface area (Å²) < 4.78 is 35.4. The van der Waals surface area contributed by atoms with Gasteiger partial charge in [-0.25, -0.2) is 0 Å². The van der Waals surface area contributed by atoms with Gasteiger partial charge in [0.2, 0.25) is 0 Å². The summed E-state index contributed by atoms with van der Waals surface area (Å²) in [4.78, 5) is 1.16.